The molecule has 1 aliphatic rings. The summed E-state index contributed by atoms with van der Waals surface area (Å²) in [5.74, 6) is -0.0298. The molecule has 1 N–H and O–H groups in total. The van der Waals surface area contributed by atoms with Gasteiger partial charge in [-0.05, 0) is 37.8 Å². The molecular formula is C17H26FNO. The van der Waals surface area contributed by atoms with Crippen LogP contribution < -0.4 is 0 Å². The molecule has 112 valence electrons. The van der Waals surface area contributed by atoms with Gasteiger partial charge in [-0.2, -0.15) is 0 Å². The third-order valence-corrected chi connectivity index (χ3v) is 4.28. The van der Waals surface area contributed by atoms with Crippen LogP contribution in [0.15, 0.2) is 18.2 Å². The maximum atomic E-state index is 13.5. The number of hydrogen-bond donors (Lipinski definition) is 1. The largest absolute Gasteiger partial charge is 0.505 e. The molecule has 0 atom stereocenters. The van der Waals surface area contributed by atoms with Crippen LogP contribution >= 0.6 is 0 Å². The Kier molecular flexibility index (Phi) is 5.41. The average molecular weight is 279 g/mol. The summed E-state index contributed by atoms with van der Waals surface area (Å²) in [4.78, 5) is 2.43. The van der Waals surface area contributed by atoms with E-state index in [2.05, 4.69) is 18.7 Å². The van der Waals surface area contributed by atoms with Crippen molar-refractivity contribution in [2.75, 3.05) is 6.54 Å². The van der Waals surface area contributed by atoms with E-state index < -0.39 is 5.82 Å². The monoisotopic (exact) mass is 279 g/mol. The van der Waals surface area contributed by atoms with E-state index >= 15 is 0 Å². The van der Waals surface area contributed by atoms with E-state index in [1.807, 2.05) is 6.07 Å². The van der Waals surface area contributed by atoms with Crippen LogP contribution in [0.1, 0.15) is 51.5 Å². The Morgan fingerprint density at radius 1 is 1.30 bits per heavy atom. The molecule has 0 heterocycles. The van der Waals surface area contributed by atoms with Crippen molar-refractivity contribution in [2.24, 2.45) is 5.92 Å². The molecule has 1 aromatic carbocycles. The Labute approximate surface area is 121 Å². The van der Waals surface area contributed by atoms with E-state index in [4.69, 9.17) is 0 Å². The van der Waals surface area contributed by atoms with E-state index in [0.717, 1.165) is 13.0 Å². The van der Waals surface area contributed by atoms with Gasteiger partial charge in [-0.15, -0.1) is 0 Å². The standard InChI is InChI=1S/C17H26FNO/c1-13(2)10-11-19(15-7-3-4-8-15)12-14-6-5-9-16(18)17(14)20/h5-6,9,13,15,20H,3-4,7-8,10-12H2,1-2H3. The molecule has 0 bridgehead atoms. The van der Waals surface area contributed by atoms with Crippen molar-refractivity contribution in [1.82, 2.24) is 4.90 Å². The number of nitrogens with zero attached hydrogens (tertiary/aromatic N) is 1. The normalized spacial score (nSPS) is 16.4. The Hall–Kier alpha value is -1.09. The summed E-state index contributed by atoms with van der Waals surface area (Å²) in [5.41, 5.74) is 0.709. The van der Waals surface area contributed by atoms with Gasteiger partial charge in [0.1, 0.15) is 0 Å². The zero-order valence-electron chi connectivity index (χ0n) is 12.6. The topological polar surface area (TPSA) is 23.5 Å². The molecule has 2 nitrogen and oxygen atoms in total. The Morgan fingerprint density at radius 2 is 2.00 bits per heavy atom. The van der Waals surface area contributed by atoms with Crippen LogP contribution in [-0.2, 0) is 6.54 Å². The van der Waals surface area contributed by atoms with Crippen LogP contribution in [0.4, 0.5) is 4.39 Å². The van der Waals surface area contributed by atoms with Crippen LogP contribution in [0, 0.1) is 11.7 Å². The predicted molar refractivity (Wildman–Crippen MR) is 80.2 cm³/mol. The summed E-state index contributed by atoms with van der Waals surface area (Å²) in [7, 11) is 0. The van der Waals surface area contributed by atoms with E-state index in [9.17, 15) is 9.50 Å². The molecule has 0 saturated heterocycles. The highest BCUT2D eigenvalue weighted by Gasteiger charge is 2.23. The van der Waals surface area contributed by atoms with Gasteiger partial charge in [0.15, 0.2) is 11.6 Å². The van der Waals surface area contributed by atoms with E-state index in [0.29, 0.717) is 24.1 Å². The maximum absolute atomic E-state index is 13.5. The van der Waals surface area contributed by atoms with Crippen molar-refractivity contribution < 1.29 is 9.50 Å². The molecule has 1 saturated carbocycles. The number of aromatic hydroxyl groups is 1. The predicted octanol–water partition coefficient (Wildman–Crippen LogP) is 4.32. The lowest BCUT2D eigenvalue weighted by Gasteiger charge is -2.29. The first-order chi connectivity index (χ1) is 9.58. The fraction of sp³-hybridized carbons (Fsp3) is 0.647. The second kappa shape index (κ2) is 7.07. The number of benzene rings is 1. The average Bonchev–Trinajstić information content (AvgIpc) is 2.93. The van der Waals surface area contributed by atoms with Gasteiger partial charge < -0.3 is 5.11 Å². The van der Waals surface area contributed by atoms with Gasteiger partial charge in [0.05, 0.1) is 0 Å². The molecule has 1 aliphatic carbocycles. The highest BCUT2D eigenvalue weighted by Crippen LogP contribution is 2.28. The lowest BCUT2D eigenvalue weighted by atomic mass is 10.1. The molecular weight excluding hydrogens is 253 g/mol. The number of hydrogen-bond acceptors (Lipinski definition) is 2. The minimum absolute atomic E-state index is 0.181. The van der Waals surface area contributed by atoms with Crippen molar-refractivity contribution in [3.05, 3.63) is 29.6 Å². The van der Waals surface area contributed by atoms with Gasteiger partial charge in [-0.25, -0.2) is 4.39 Å². The second-order valence-electron chi connectivity index (χ2n) is 6.34. The van der Waals surface area contributed by atoms with Crippen LogP contribution in [0.2, 0.25) is 0 Å². The molecule has 0 radical (unpaired) electrons. The van der Waals surface area contributed by atoms with Gasteiger partial charge >= 0.3 is 0 Å². The van der Waals surface area contributed by atoms with Crippen molar-refractivity contribution in [3.8, 4) is 5.75 Å². The first kappa shape index (κ1) is 15.3. The summed E-state index contributed by atoms with van der Waals surface area (Å²) < 4.78 is 13.5. The number of para-hydroxylation sites is 1. The molecule has 1 fully saturated rings. The lowest BCUT2D eigenvalue weighted by Crippen LogP contribution is -2.34. The molecule has 0 spiro atoms. The number of phenols is 1. The van der Waals surface area contributed by atoms with Gasteiger partial charge in [0.25, 0.3) is 0 Å². The quantitative estimate of drug-likeness (QED) is 0.838. The highest BCUT2D eigenvalue weighted by molar-refractivity contribution is 5.33. The van der Waals surface area contributed by atoms with Crippen LogP contribution in [0.25, 0.3) is 0 Å². The van der Waals surface area contributed by atoms with Gasteiger partial charge in [-0.1, -0.05) is 38.8 Å². The molecule has 20 heavy (non-hydrogen) atoms. The summed E-state index contributed by atoms with van der Waals surface area (Å²) in [6.07, 6.45) is 6.19. The van der Waals surface area contributed by atoms with Crippen LogP contribution in [-0.4, -0.2) is 22.6 Å². The Bertz CT molecular complexity index is 427. The summed E-state index contributed by atoms with van der Waals surface area (Å²) in [6, 6.07) is 5.42. The van der Waals surface area contributed by atoms with Crippen LogP contribution in [0.3, 0.4) is 0 Å². The Morgan fingerprint density at radius 3 is 2.65 bits per heavy atom. The van der Waals surface area contributed by atoms with Gasteiger partial charge in [-0.3, -0.25) is 4.90 Å². The zero-order valence-corrected chi connectivity index (χ0v) is 12.6. The Balaban J connectivity index is 2.07. The first-order valence-electron chi connectivity index (χ1n) is 7.78. The van der Waals surface area contributed by atoms with Crippen molar-refractivity contribution in [3.63, 3.8) is 0 Å². The molecule has 0 unspecified atom stereocenters. The lowest BCUT2D eigenvalue weighted by molar-refractivity contribution is 0.177. The molecule has 0 aromatic heterocycles. The highest BCUT2D eigenvalue weighted by atomic mass is 19.1. The fourth-order valence-electron chi connectivity index (χ4n) is 2.99. The third kappa shape index (κ3) is 3.95. The molecule has 0 aliphatic heterocycles. The maximum Gasteiger partial charge on any atom is 0.165 e. The minimum Gasteiger partial charge on any atom is -0.505 e. The van der Waals surface area contributed by atoms with Crippen LogP contribution in [0.5, 0.6) is 5.75 Å². The molecule has 0 amide bonds. The fourth-order valence-corrected chi connectivity index (χ4v) is 2.99. The summed E-state index contributed by atoms with van der Waals surface area (Å²) >= 11 is 0. The minimum atomic E-state index is -0.516. The van der Waals surface area contributed by atoms with E-state index in [1.54, 1.807) is 6.07 Å². The SMILES string of the molecule is CC(C)CCN(Cc1cccc(F)c1O)C1CCCC1. The number of phenolic OH excluding ortho intramolecular Hbond substituents is 1. The third-order valence-electron chi connectivity index (χ3n) is 4.28. The number of rotatable bonds is 6. The first-order valence-corrected chi connectivity index (χ1v) is 7.78. The second-order valence-corrected chi connectivity index (χ2v) is 6.34. The van der Waals surface area contributed by atoms with Gasteiger partial charge in [0.2, 0.25) is 0 Å². The van der Waals surface area contributed by atoms with E-state index in [-0.39, 0.29) is 5.75 Å². The van der Waals surface area contributed by atoms with Gasteiger partial charge in [0, 0.05) is 18.2 Å². The van der Waals surface area contributed by atoms with Crippen molar-refractivity contribution in [1.29, 1.82) is 0 Å². The van der Waals surface area contributed by atoms with Crippen molar-refractivity contribution >= 4 is 0 Å². The molecule has 1 aromatic rings. The summed E-state index contributed by atoms with van der Waals surface area (Å²) in [5, 5.41) is 9.86. The molecule has 3 heteroatoms. The smallest absolute Gasteiger partial charge is 0.165 e. The number of halogens is 1. The molecule has 2 rings (SSSR count). The van der Waals surface area contributed by atoms with Crippen molar-refractivity contribution in [2.45, 2.75) is 58.5 Å². The van der Waals surface area contributed by atoms with E-state index in [1.165, 1.54) is 31.7 Å². The zero-order chi connectivity index (χ0) is 14.5. The summed E-state index contributed by atoms with van der Waals surface area (Å²) in [6.45, 7) is 6.14.